The van der Waals surface area contributed by atoms with E-state index in [0.29, 0.717) is 25.9 Å². The van der Waals surface area contributed by atoms with E-state index in [-0.39, 0.29) is 42.1 Å². The third-order valence-electron chi connectivity index (χ3n) is 10.1. The number of ether oxygens (including phenoxy) is 2. The van der Waals surface area contributed by atoms with Gasteiger partial charge in [0.1, 0.15) is 6.10 Å². The zero-order chi connectivity index (χ0) is 32.8. The highest BCUT2D eigenvalue weighted by Crippen LogP contribution is 2.43. The van der Waals surface area contributed by atoms with Crippen LogP contribution in [-0.2, 0) is 18.7 Å². The molecule has 0 amide bonds. The largest absolute Gasteiger partial charge is 0.481 e. The van der Waals surface area contributed by atoms with E-state index in [1.165, 1.54) is 0 Å². The molecule has 2 aliphatic rings. The molecule has 6 nitrogen and oxygen atoms in total. The number of hydrogen-bond acceptors (Lipinski definition) is 5. The van der Waals surface area contributed by atoms with Crippen molar-refractivity contribution in [3.63, 3.8) is 0 Å². The minimum atomic E-state index is -2.99. The Hall–Kier alpha value is -0.873. The maximum Gasteiger partial charge on any atom is 0.303 e. The summed E-state index contributed by atoms with van der Waals surface area (Å²) in [4.78, 5) is 10.7. The summed E-state index contributed by atoms with van der Waals surface area (Å²) in [6, 6.07) is 0. The first kappa shape index (κ1) is 39.3. The second-order valence-electron chi connectivity index (χ2n) is 14.8. The van der Waals surface area contributed by atoms with Gasteiger partial charge in [-0.25, -0.2) is 8.78 Å². The molecule has 0 aromatic heterocycles. The Morgan fingerprint density at radius 3 is 2.30 bits per heavy atom. The molecule has 1 heterocycles. The summed E-state index contributed by atoms with van der Waals surface area (Å²) >= 11 is 0. The fourth-order valence-electron chi connectivity index (χ4n) is 6.20. The fourth-order valence-corrected chi connectivity index (χ4v) is 7.44. The molecule has 2 rings (SSSR count). The van der Waals surface area contributed by atoms with Crippen LogP contribution in [-0.4, -0.2) is 61.6 Å². The molecular weight excluding hydrogens is 582 g/mol. The van der Waals surface area contributed by atoms with Gasteiger partial charge in [-0.1, -0.05) is 91.2 Å². The lowest BCUT2D eigenvalue weighted by Gasteiger charge is -2.40. The Balaban J connectivity index is 2.20. The molecule has 0 aromatic rings. The molecule has 1 saturated carbocycles. The van der Waals surface area contributed by atoms with Gasteiger partial charge in [0, 0.05) is 31.8 Å². The van der Waals surface area contributed by atoms with E-state index in [1.54, 1.807) is 6.08 Å². The predicted octanol–water partition coefficient (Wildman–Crippen LogP) is 9.65. The van der Waals surface area contributed by atoms with Gasteiger partial charge < -0.3 is 24.1 Å². The number of carboxylic acids is 1. The summed E-state index contributed by atoms with van der Waals surface area (Å²) in [6.45, 7) is 13.0. The van der Waals surface area contributed by atoms with Crippen LogP contribution in [0, 0.1) is 11.8 Å². The molecule has 9 heteroatoms. The number of hydrogen-bond donors (Lipinski definition) is 2. The topological polar surface area (TPSA) is 85.2 Å². The van der Waals surface area contributed by atoms with Crippen LogP contribution in [0.1, 0.15) is 137 Å². The smallest absolute Gasteiger partial charge is 0.303 e. The first-order chi connectivity index (χ1) is 20.7. The van der Waals surface area contributed by atoms with Crippen LogP contribution in [0.2, 0.25) is 18.1 Å². The summed E-state index contributed by atoms with van der Waals surface area (Å²) in [7, 11) is -2.50. The average Bonchev–Trinajstić information content (AvgIpc) is 3.23. The number of carbonyl (C=O) groups is 1. The lowest BCUT2D eigenvalue weighted by molar-refractivity contribution is -0.193. The standard InChI is InChI=1S/C35H64F2O6Si/c1-7-8-9-17-24-35(36,37)31(43-44(5,6)34(2,3)4)23-22-28-27(19-14-12-10-11-13-15-20-32(39)40)29(38)26-30(28)42-33-21-16-18-25-41-33/h22-23,27-31,33,38H,7-21,24-26H2,1-6H3,(H,39,40)/t27-,28-,29+,30-,31?,33?/m1/s1. The van der Waals surface area contributed by atoms with E-state index in [0.717, 1.165) is 77.0 Å². The van der Waals surface area contributed by atoms with E-state index in [9.17, 15) is 9.90 Å². The van der Waals surface area contributed by atoms with Crippen LogP contribution >= 0.6 is 0 Å². The zero-order valence-electron chi connectivity index (χ0n) is 28.6. The van der Waals surface area contributed by atoms with Crippen molar-refractivity contribution < 1.29 is 37.7 Å². The summed E-state index contributed by atoms with van der Waals surface area (Å²) in [5, 5.41) is 19.8. The van der Waals surface area contributed by atoms with E-state index in [4.69, 9.17) is 19.0 Å². The average molecular weight is 647 g/mol. The van der Waals surface area contributed by atoms with Gasteiger partial charge in [0.25, 0.3) is 5.92 Å². The second-order valence-corrected chi connectivity index (χ2v) is 19.6. The molecule has 2 unspecified atom stereocenters. The maximum atomic E-state index is 15.9. The quantitative estimate of drug-likeness (QED) is 0.0734. The van der Waals surface area contributed by atoms with Gasteiger partial charge in [-0.05, 0) is 62.6 Å². The number of carboxylic acid groups (broad SMARTS) is 1. The highest BCUT2D eigenvalue weighted by Gasteiger charge is 2.47. The second kappa shape index (κ2) is 19.1. The van der Waals surface area contributed by atoms with E-state index in [2.05, 4.69) is 27.7 Å². The number of rotatable bonds is 21. The summed E-state index contributed by atoms with van der Waals surface area (Å²) in [5.41, 5.74) is 0. The highest BCUT2D eigenvalue weighted by atomic mass is 28.4. The molecule has 0 aromatic carbocycles. The summed E-state index contributed by atoms with van der Waals surface area (Å²) in [5.74, 6) is -4.03. The first-order valence-electron chi connectivity index (χ1n) is 17.6. The lowest BCUT2D eigenvalue weighted by Crippen LogP contribution is -2.48. The van der Waals surface area contributed by atoms with Gasteiger partial charge in [-0.2, -0.15) is 0 Å². The van der Waals surface area contributed by atoms with Crippen molar-refractivity contribution in [1.29, 1.82) is 0 Å². The molecule has 0 spiro atoms. The van der Waals surface area contributed by atoms with Crippen LogP contribution in [0.15, 0.2) is 12.2 Å². The molecular formula is C35H64F2O6Si. The van der Waals surface area contributed by atoms with Crippen molar-refractivity contribution >= 4 is 14.3 Å². The number of halogens is 2. The van der Waals surface area contributed by atoms with E-state index in [1.807, 2.05) is 19.2 Å². The van der Waals surface area contributed by atoms with Gasteiger partial charge in [0.2, 0.25) is 0 Å². The van der Waals surface area contributed by atoms with Gasteiger partial charge >= 0.3 is 5.97 Å². The maximum absolute atomic E-state index is 15.9. The lowest BCUT2D eigenvalue weighted by atomic mass is 9.87. The molecule has 0 bridgehead atoms. The van der Waals surface area contributed by atoms with Crippen molar-refractivity contribution in [2.75, 3.05) is 6.61 Å². The van der Waals surface area contributed by atoms with E-state index >= 15 is 8.78 Å². The van der Waals surface area contributed by atoms with E-state index < -0.39 is 32.4 Å². The monoisotopic (exact) mass is 646 g/mol. The Bertz CT molecular complexity index is 840. The van der Waals surface area contributed by atoms with Gasteiger partial charge in [0.05, 0.1) is 12.2 Å². The number of unbranched alkanes of at least 4 members (excludes halogenated alkanes) is 8. The molecule has 6 atom stereocenters. The fraction of sp³-hybridized carbons (Fsp3) is 0.914. The Morgan fingerprint density at radius 2 is 1.68 bits per heavy atom. The molecule has 1 aliphatic carbocycles. The van der Waals surface area contributed by atoms with Crippen LogP contribution in [0.5, 0.6) is 0 Å². The van der Waals surface area contributed by atoms with Crippen LogP contribution in [0.25, 0.3) is 0 Å². The molecule has 1 saturated heterocycles. The molecule has 44 heavy (non-hydrogen) atoms. The summed E-state index contributed by atoms with van der Waals surface area (Å²) in [6.07, 6.45) is 13.9. The first-order valence-corrected chi connectivity index (χ1v) is 20.5. The normalized spacial score (nSPS) is 26.0. The molecule has 2 fully saturated rings. The van der Waals surface area contributed by atoms with Gasteiger partial charge in [-0.3, -0.25) is 4.79 Å². The van der Waals surface area contributed by atoms with Crippen LogP contribution in [0.4, 0.5) is 8.78 Å². The van der Waals surface area contributed by atoms with Gasteiger partial charge in [0.15, 0.2) is 14.6 Å². The molecule has 0 radical (unpaired) electrons. The van der Waals surface area contributed by atoms with Crippen molar-refractivity contribution in [1.82, 2.24) is 0 Å². The highest BCUT2D eigenvalue weighted by molar-refractivity contribution is 6.74. The third-order valence-corrected chi connectivity index (χ3v) is 14.5. The van der Waals surface area contributed by atoms with Crippen LogP contribution < -0.4 is 0 Å². The Labute approximate surface area is 267 Å². The third kappa shape index (κ3) is 13.5. The van der Waals surface area contributed by atoms with Crippen molar-refractivity contribution in [3.05, 3.63) is 12.2 Å². The SMILES string of the molecule is CCCCCCC(F)(F)C(C=C[C@@H]1[C@@H](CCCCCCCCC(=O)O)[C@@H](O)C[C@H]1OC1CCCCO1)O[Si](C)(C)C(C)(C)C. The Morgan fingerprint density at radius 1 is 1.02 bits per heavy atom. The minimum Gasteiger partial charge on any atom is -0.481 e. The number of aliphatic carboxylic acids is 1. The summed E-state index contributed by atoms with van der Waals surface area (Å²) < 4.78 is 50.5. The van der Waals surface area contributed by atoms with Crippen molar-refractivity contribution in [3.8, 4) is 0 Å². The number of aliphatic hydroxyl groups is 1. The number of aliphatic hydroxyl groups excluding tert-OH is 1. The molecule has 2 N–H and O–H groups in total. The zero-order valence-corrected chi connectivity index (χ0v) is 29.6. The molecule has 1 aliphatic heterocycles. The molecule has 258 valence electrons. The number of alkyl halides is 2. The Kier molecular flexibility index (Phi) is 17.0. The minimum absolute atomic E-state index is 0.0847. The van der Waals surface area contributed by atoms with Gasteiger partial charge in [-0.15, -0.1) is 0 Å². The van der Waals surface area contributed by atoms with Crippen molar-refractivity contribution in [2.24, 2.45) is 11.8 Å². The van der Waals surface area contributed by atoms with Crippen LogP contribution in [0.3, 0.4) is 0 Å². The predicted molar refractivity (Wildman–Crippen MR) is 176 cm³/mol. The van der Waals surface area contributed by atoms with Crippen molar-refractivity contribution in [2.45, 2.75) is 186 Å².